The molecule has 10 nitrogen and oxygen atoms in total. The molecule has 3 rings (SSSR count). The van der Waals surface area contributed by atoms with Gasteiger partial charge >= 0.3 is 5.97 Å². The first-order valence-corrected chi connectivity index (χ1v) is 10.7. The summed E-state index contributed by atoms with van der Waals surface area (Å²) in [5.41, 5.74) is -0.451. The number of aryl methyl sites for hydroxylation is 1. The van der Waals surface area contributed by atoms with Crippen LogP contribution in [0.15, 0.2) is 39.3 Å². The zero-order valence-corrected chi connectivity index (χ0v) is 16.7. The van der Waals surface area contributed by atoms with Gasteiger partial charge in [0.15, 0.2) is 0 Å². The van der Waals surface area contributed by atoms with E-state index in [1.54, 1.807) is 6.92 Å². The van der Waals surface area contributed by atoms with Crippen molar-refractivity contribution in [2.45, 2.75) is 24.8 Å². The normalized spacial score (nSPS) is 11.5. The fourth-order valence-electron chi connectivity index (χ4n) is 2.73. The first-order chi connectivity index (χ1) is 13.6. The number of fused-ring (bicyclic) bond motifs is 1. The first-order valence-electron chi connectivity index (χ1n) is 8.28. The lowest BCUT2D eigenvalue weighted by Crippen LogP contribution is -2.31. The largest absolute Gasteiger partial charge is 0.478 e. The molecule has 0 aliphatic rings. The molecule has 1 aromatic carbocycles. The van der Waals surface area contributed by atoms with Gasteiger partial charge in [-0.15, -0.1) is 11.3 Å². The molecule has 152 valence electrons. The summed E-state index contributed by atoms with van der Waals surface area (Å²) in [6.07, 6.45) is 0.363. The third kappa shape index (κ3) is 4.18. The number of sulfonamides is 1. The Balaban J connectivity index is 1.91. The van der Waals surface area contributed by atoms with Gasteiger partial charge in [0, 0.05) is 17.5 Å². The van der Waals surface area contributed by atoms with Crippen molar-refractivity contribution in [2.24, 2.45) is 5.14 Å². The predicted molar refractivity (Wildman–Crippen MR) is 107 cm³/mol. The van der Waals surface area contributed by atoms with Crippen LogP contribution in [0.3, 0.4) is 0 Å². The van der Waals surface area contributed by atoms with Crippen molar-refractivity contribution in [3.05, 3.63) is 51.4 Å². The number of hydrogen-bond acceptors (Lipinski definition) is 7. The van der Waals surface area contributed by atoms with Crippen molar-refractivity contribution in [3.63, 3.8) is 0 Å². The number of thiophene rings is 1. The maximum atomic E-state index is 12.8. The summed E-state index contributed by atoms with van der Waals surface area (Å²) in [6.45, 7) is 1.39. The zero-order chi connectivity index (χ0) is 21.3. The third-order valence-corrected chi connectivity index (χ3v) is 5.89. The molecule has 0 spiro atoms. The van der Waals surface area contributed by atoms with E-state index in [9.17, 15) is 27.9 Å². The monoisotopic (exact) mass is 436 g/mol. The molecule has 0 saturated heterocycles. The minimum absolute atomic E-state index is 0.0370. The predicted octanol–water partition coefficient (Wildman–Crippen LogP) is 1.00. The highest BCUT2D eigenvalue weighted by Crippen LogP contribution is 2.22. The van der Waals surface area contributed by atoms with E-state index in [4.69, 9.17) is 5.14 Å². The van der Waals surface area contributed by atoms with Crippen LogP contribution in [0.4, 0.5) is 5.69 Å². The number of carbonyl (C=O) groups is 2. The van der Waals surface area contributed by atoms with E-state index in [0.29, 0.717) is 22.8 Å². The summed E-state index contributed by atoms with van der Waals surface area (Å²) in [5.74, 6) is -1.45. The highest BCUT2D eigenvalue weighted by atomic mass is 32.2. The van der Waals surface area contributed by atoms with Crippen molar-refractivity contribution in [3.8, 4) is 0 Å². The topological polar surface area (TPSA) is 161 Å². The molecule has 29 heavy (non-hydrogen) atoms. The van der Waals surface area contributed by atoms with Crippen molar-refractivity contribution >= 4 is 49.1 Å². The van der Waals surface area contributed by atoms with Gasteiger partial charge in [-0.2, -0.15) is 0 Å². The number of anilines is 1. The number of hydrogen-bond donors (Lipinski definition) is 3. The van der Waals surface area contributed by atoms with Crippen LogP contribution < -0.4 is 16.0 Å². The fraction of sp³-hybridized carbons (Fsp3) is 0.176. The van der Waals surface area contributed by atoms with Crippen LogP contribution in [0.1, 0.15) is 23.1 Å². The molecule has 0 fully saturated rings. The molecule has 0 radical (unpaired) electrons. The van der Waals surface area contributed by atoms with Crippen LogP contribution in [0.2, 0.25) is 0 Å². The lowest BCUT2D eigenvalue weighted by Gasteiger charge is -2.12. The Kier molecular flexibility index (Phi) is 5.50. The molecule has 0 aliphatic carbocycles. The summed E-state index contributed by atoms with van der Waals surface area (Å²) in [5, 5.41) is 18.2. The molecule has 0 bridgehead atoms. The lowest BCUT2D eigenvalue weighted by molar-refractivity contribution is -0.116. The first kappa shape index (κ1) is 20.6. The van der Waals surface area contributed by atoms with Gasteiger partial charge in [0.25, 0.3) is 5.56 Å². The number of rotatable bonds is 6. The number of aromatic carboxylic acids is 1. The highest BCUT2D eigenvalue weighted by Gasteiger charge is 2.20. The molecule has 0 saturated carbocycles. The fourth-order valence-corrected chi connectivity index (χ4v) is 4.17. The number of amides is 1. The molecular weight excluding hydrogens is 420 g/mol. The number of benzene rings is 1. The van der Waals surface area contributed by atoms with Crippen LogP contribution in [0.5, 0.6) is 0 Å². The molecule has 1 amide bonds. The molecular formula is C17H16N4O6S2. The van der Waals surface area contributed by atoms with Gasteiger partial charge in [0.2, 0.25) is 15.9 Å². The van der Waals surface area contributed by atoms with Gasteiger partial charge in [-0.25, -0.2) is 23.3 Å². The Hall–Kier alpha value is -3.09. The van der Waals surface area contributed by atoms with Crippen molar-refractivity contribution in [2.75, 3.05) is 5.32 Å². The van der Waals surface area contributed by atoms with E-state index < -0.39 is 27.5 Å². The van der Waals surface area contributed by atoms with E-state index in [1.807, 2.05) is 0 Å². The second-order valence-electron chi connectivity index (χ2n) is 6.03. The number of aromatic nitrogens is 2. The van der Waals surface area contributed by atoms with Crippen molar-refractivity contribution < 1.29 is 23.1 Å². The number of nitrogens with zero attached hydrogens (tertiary/aromatic N) is 2. The molecule has 3 aromatic rings. The van der Waals surface area contributed by atoms with Crippen molar-refractivity contribution in [1.29, 1.82) is 0 Å². The van der Waals surface area contributed by atoms with Crippen LogP contribution in [0, 0.1) is 0 Å². The van der Waals surface area contributed by atoms with Crippen LogP contribution >= 0.6 is 11.3 Å². The molecule has 2 aromatic heterocycles. The average Bonchev–Trinajstić information content (AvgIpc) is 3.08. The molecule has 12 heteroatoms. The van der Waals surface area contributed by atoms with E-state index in [2.05, 4.69) is 10.3 Å². The van der Waals surface area contributed by atoms with Gasteiger partial charge in [-0.1, -0.05) is 6.92 Å². The minimum atomic E-state index is -3.85. The molecule has 4 N–H and O–H groups in total. The number of primary sulfonamides is 1. The van der Waals surface area contributed by atoms with Gasteiger partial charge in [0.1, 0.15) is 17.2 Å². The summed E-state index contributed by atoms with van der Waals surface area (Å²) in [6, 6.07) is 5.22. The molecule has 2 heterocycles. The third-order valence-electron chi connectivity index (χ3n) is 4.09. The number of carbonyl (C=O) groups excluding carboxylic acids is 1. The summed E-state index contributed by atoms with van der Waals surface area (Å²) in [4.78, 5) is 41.1. The van der Waals surface area contributed by atoms with Gasteiger partial charge in [-0.05, 0) is 24.3 Å². The average molecular weight is 436 g/mol. The Morgan fingerprint density at radius 1 is 1.28 bits per heavy atom. The maximum Gasteiger partial charge on any atom is 0.337 e. The van der Waals surface area contributed by atoms with E-state index in [0.717, 1.165) is 15.9 Å². The van der Waals surface area contributed by atoms with Gasteiger partial charge < -0.3 is 10.4 Å². The highest BCUT2D eigenvalue weighted by molar-refractivity contribution is 7.89. The minimum Gasteiger partial charge on any atom is -0.478 e. The summed E-state index contributed by atoms with van der Waals surface area (Å²) < 4.78 is 23.7. The Morgan fingerprint density at radius 2 is 1.93 bits per heavy atom. The quantitative estimate of drug-likeness (QED) is 0.519. The Morgan fingerprint density at radius 3 is 2.48 bits per heavy atom. The second kappa shape index (κ2) is 7.73. The Labute approximate surface area is 168 Å². The number of nitrogens with one attached hydrogen (secondary N) is 1. The van der Waals surface area contributed by atoms with Crippen molar-refractivity contribution in [1.82, 2.24) is 9.55 Å². The standard InChI is InChI=1S/C17H16N4O6S2/c1-2-12-20-15-14(11(8-28-15)17(24)25)16(23)21(12)7-13(22)19-9-3-5-10(6-4-9)29(18,26)27/h3-6,8H,2,7H2,1H3,(H,19,22)(H,24,25)(H2,18,26,27). The Bertz CT molecular complexity index is 1280. The van der Waals surface area contributed by atoms with E-state index in [1.165, 1.54) is 29.6 Å². The second-order valence-corrected chi connectivity index (χ2v) is 8.44. The number of carboxylic acids is 1. The van der Waals surface area contributed by atoms with Gasteiger partial charge in [0.05, 0.1) is 15.8 Å². The van der Waals surface area contributed by atoms with Crippen LogP contribution in [-0.4, -0.2) is 35.0 Å². The van der Waals surface area contributed by atoms with E-state index >= 15 is 0 Å². The number of nitrogens with two attached hydrogens (primary N) is 1. The zero-order valence-electron chi connectivity index (χ0n) is 15.1. The lowest BCUT2D eigenvalue weighted by atomic mass is 10.2. The SMILES string of the molecule is CCc1nc2scc(C(=O)O)c2c(=O)n1CC(=O)Nc1ccc(S(N)(=O)=O)cc1. The molecule has 0 atom stereocenters. The van der Waals surface area contributed by atoms with Crippen LogP contribution in [-0.2, 0) is 27.8 Å². The number of carboxylic acid groups (broad SMARTS) is 1. The van der Waals surface area contributed by atoms with Gasteiger partial charge in [-0.3, -0.25) is 14.2 Å². The van der Waals surface area contributed by atoms with E-state index in [-0.39, 0.29) is 22.4 Å². The summed E-state index contributed by atoms with van der Waals surface area (Å²) >= 11 is 1.05. The molecule has 0 unspecified atom stereocenters. The summed E-state index contributed by atoms with van der Waals surface area (Å²) in [7, 11) is -3.85. The smallest absolute Gasteiger partial charge is 0.337 e. The maximum absolute atomic E-state index is 12.8. The molecule has 0 aliphatic heterocycles. The van der Waals surface area contributed by atoms with Crippen LogP contribution in [0.25, 0.3) is 10.2 Å².